The number of carboxylic acid groups (broad SMARTS) is 1. The van der Waals surface area contributed by atoms with Crippen molar-refractivity contribution in [2.24, 2.45) is 16.3 Å². The molecule has 2 aromatic rings. The number of nitrogens with zero attached hydrogens (tertiary/aromatic N) is 2. The number of hydrogen-bond donors (Lipinski definition) is 1. The number of carbonyl (C=O) groups is 1. The van der Waals surface area contributed by atoms with Crippen molar-refractivity contribution in [3.63, 3.8) is 0 Å². The van der Waals surface area contributed by atoms with Gasteiger partial charge in [-0.25, -0.2) is 0 Å². The van der Waals surface area contributed by atoms with Gasteiger partial charge in [0.15, 0.2) is 0 Å². The largest absolute Gasteiger partial charge is 0.497 e. The third kappa shape index (κ3) is 3.55. The molecule has 0 fully saturated rings. The van der Waals surface area contributed by atoms with Gasteiger partial charge in [-0.3, -0.25) is 9.79 Å². The fourth-order valence-corrected chi connectivity index (χ4v) is 4.99. The highest BCUT2D eigenvalue weighted by Crippen LogP contribution is 2.57. The smallest absolute Gasteiger partial charge is 0.312 e. The van der Waals surface area contributed by atoms with E-state index in [9.17, 15) is 15.2 Å². The van der Waals surface area contributed by atoms with E-state index in [1.807, 2.05) is 19.1 Å². The van der Waals surface area contributed by atoms with E-state index in [2.05, 4.69) is 6.07 Å². The van der Waals surface area contributed by atoms with Crippen LogP contribution in [0.5, 0.6) is 5.75 Å². The van der Waals surface area contributed by atoms with Crippen molar-refractivity contribution in [2.75, 3.05) is 7.11 Å². The molecular weight excluding hydrogens is 423 g/mol. The van der Waals surface area contributed by atoms with Crippen LogP contribution in [0.3, 0.4) is 0 Å². The van der Waals surface area contributed by atoms with Gasteiger partial charge in [0.25, 0.3) is 0 Å². The third-order valence-corrected chi connectivity index (χ3v) is 6.57. The van der Waals surface area contributed by atoms with Crippen LogP contribution in [0.15, 0.2) is 47.5 Å². The van der Waals surface area contributed by atoms with Crippen LogP contribution >= 0.6 is 23.2 Å². The molecule has 4 atom stereocenters. The molecule has 1 aliphatic heterocycles. The Morgan fingerprint density at radius 2 is 1.93 bits per heavy atom. The van der Waals surface area contributed by atoms with Gasteiger partial charge in [-0.2, -0.15) is 5.26 Å². The van der Waals surface area contributed by atoms with Crippen molar-refractivity contribution < 1.29 is 14.6 Å². The number of nitriles is 1. The third-order valence-electron chi connectivity index (χ3n) is 6.01. The van der Waals surface area contributed by atoms with E-state index in [-0.39, 0.29) is 6.42 Å². The van der Waals surface area contributed by atoms with E-state index >= 15 is 0 Å². The van der Waals surface area contributed by atoms with E-state index in [4.69, 9.17) is 32.9 Å². The SMILES string of the molecule is CCC1(C(=O)O)C(c2ccc(OC)cc2)N=C(C)C(C#N)C1c1ccc(Cl)cc1Cl. The predicted molar refractivity (Wildman–Crippen MR) is 118 cm³/mol. The van der Waals surface area contributed by atoms with Gasteiger partial charge in [0.1, 0.15) is 11.2 Å². The average Bonchev–Trinajstić information content (AvgIpc) is 2.73. The lowest BCUT2D eigenvalue weighted by atomic mass is 9.57. The maximum Gasteiger partial charge on any atom is 0.312 e. The Kier molecular flexibility index (Phi) is 6.40. The van der Waals surface area contributed by atoms with Gasteiger partial charge < -0.3 is 9.84 Å². The van der Waals surface area contributed by atoms with Gasteiger partial charge >= 0.3 is 5.97 Å². The topological polar surface area (TPSA) is 82.7 Å². The minimum atomic E-state index is -1.37. The first-order chi connectivity index (χ1) is 14.3. The summed E-state index contributed by atoms with van der Waals surface area (Å²) >= 11 is 12.6. The summed E-state index contributed by atoms with van der Waals surface area (Å²) in [5, 5.41) is 21.3. The highest BCUT2D eigenvalue weighted by Gasteiger charge is 2.58. The average molecular weight is 445 g/mol. The first-order valence-corrected chi connectivity index (χ1v) is 10.3. The van der Waals surface area contributed by atoms with Gasteiger partial charge in [0, 0.05) is 21.7 Å². The Bertz CT molecular complexity index is 1030. The molecule has 0 saturated carbocycles. The fourth-order valence-electron chi connectivity index (χ4n) is 4.46. The Morgan fingerprint density at radius 3 is 2.43 bits per heavy atom. The second kappa shape index (κ2) is 8.67. The molecule has 0 aliphatic carbocycles. The van der Waals surface area contributed by atoms with Crippen LogP contribution in [0, 0.1) is 22.7 Å². The standard InChI is InChI=1S/C23H22Cl2N2O3/c1-4-23(22(28)29)20(17-10-7-15(24)11-19(17)25)18(12-26)13(2)27-21(23)14-5-8-16(30-3)9-6-14/h5-11,18,20-21H,4H2,1-3H3,(H,28,29). The van der Waals surface area contributed by atoms with Crippen LogP contribution in [0.1, 0.15) is 43.4 Å². The minimum absolute atomic E-state index is 0.262. The minimum Gasteiger partial charge on any atom is -0.497 e. The Hall–Kier alpha value is -2.55. The second-order valence-corrected chi connectivity index (χ2v) is 8.24. The molecule has 5 nitrogen and oxygen atoms in total. The number of aliphatic imine (C=N–C) groups is 1. The summed E-state index contributed by atoms with van der Waals surface area (Å²) < 4.78 is 5.23. The summed E-state index contributed by atoms with van der Waals surface area (Å²) in [4.78, 5) is 17.6. The van der Waals surface area contributed by atoms with E-state index in [0.29, 0.717) is 27.1 Å². The Labute approximate surface area is 185 Å². The maximum absolute atomic E-state index is 12.9. The van der Waals surface area contributed by atoms with Crippen molar-refractivity contribution in [3.8, 4) is 11.8 Å². The molecule has 4 unspecified atom stereocenters. The molecule has 1 aliphatic rings. The van der Waals surface area contributed by atoms with Gasteiger partial charge in [0.2, 0.25) is 0 Å². The van der Waals surface area contributed by atoms with Crippen molar-refractivity contribution in [3.05, 3.63) is 63.6 Å². The van der Waals surface area contributed by atoms with Gasteiger partial charge in [-0.1, -0.05) is 48.3 Å². The van der Waals surface area contributed by atoms with Gasteiger partial charge in [-0.05, 0) is 48.7 Å². The first kappa shape index (κ1) is 22.1. The molecule has 7 heteroatoms. The fraction of sp³-hybridized carbons (Fsp3) is 0.348. The van der Waals surface area contributed by atoms with E-state index < -0.39 is 29.3 Å². The van der Waals surface area contributed by atoms with Crippen LogP contribution < -0.4 is 4.74 Å². The molecule has 3 rings (SSSR count). The monoisotopic (exact) mass is 444 g/mol. The molecule has 0 amide bonds. The summed E-state index contributed by atoms with van der Waals surface area (Å²) in [5.74, 6) is -1.77. The molecule has 0 spiro atoms. The highest BCUT2D eigenvalue weighted by atomic mass is 35.5. The van der Waals surface area contributed by atoms with Crippen molar-refractivity contribution in [1.29, 1.82) is 5.26 Å². The van der Waals surface area contributed by atoms with E-state index in [0.717, 1.165) is 5.56 Å². The predicted octanol–water partition coefficient (Wildman–Crippen LogP) is 5.92. The number of hydrogen-bond acceptors (Lipinski definition) is 4. The zero-order chi connectivity index (χ0) is 22.1. The van der Waals surface area contributed by atoms with Gasteiger partial charge in [-0.15, -0.1) is 0 Å². The maximum atomic E-state index is 12.9. The zero-order valence-electron chi connectivity index (χ0n) is 16.9. The molecule has 156 valence electrons. The lowest BCUT2D eigenvalue weighted by Gasteiger charge is -2.46. The zero-order valence-corrected chi connectivity index (χ0v) is 18.4. The number of carboxylic acids is 1. The summed E-state index contributed by atoms with van der Waals surface area (Å²) in [5.41, 5.74) is 0.543. The number of halogens is 2. The lowest BCUT2D eigenvalue weighted by Crippen LogP contribution is -2.49. The van der Waals surface area contributed by atoms with Crippen LogP contribution in [-0.2, 0) is 4.79 Å². The van der Waals surface area contributed by atoms with Crippen molar-refractivity contribution in [1.82, 2.24) is 0 Å². The Balaban J connectivity index is 2.31. The molecule has 2 aromatic carbocycles. The van der Waals surface area contributed by atoms with Crippen molar-refractivity contribution >= 4 is 34.9 Å². The molecule has 1 N–H and O–H groups in total. The number of aliphatic carboxylic acids is 1. The molecule has 1 heterocycles. The number of rotatable bonds is 5. The van der Waals surface area contributed by atoms with E-state index in [1.54, 1.807) is 44.4 Å². The number of methoxy groups -OCH3 is 1. The molecule has 0 bridgehead atoms. The summed E-state index contributed by atoms with van der Waals surface area (Å²) in [7, 11) is 1.57. The number of ether oxygens (including phenoxy) is 1. The summed E-state index contributed by atoms with van der Waals surface area (Å²) in [6.07, 6.45) is 0.262. The first-order valence-electron chi connectivity index (χ1n) is 9.56. The molecule has 30 heavy (non-hydrogen) atoms. The quantitative estimate of drug-likeness (QED) is 0.619. The lowest BCUT2D eigenvalue weighted by molar-refractivity contribution is -0.153. The molecule has 0 radical (unpaired) electrons. The van der Waals surface area contributed by atoms with Crippen LogP contribution in [0.2, 0.25) is 10.0 Å². The molecule has 0 saturated heterocycles. The number of benzene rings is 2. The summed E-state index contributed by atoms with van der Waals surface area (Å²) in [6.45, 7) is 3.58. The van der Waals surface area contributed by atoms with E-state index in [1.165, 1.54) is 0 Å². The Morgan fingerprint density at radius 1 is 1.27 bits per heavy atom. The summed E-state index contributed by atoms with van der Waals surface area (Å²) in [6, 6.07) is 13.8. The normalized spacial score (nSPS) is 25.9. The van der Waals surface area contributed by atoms with Crippen LogP contribution in [0.25, 0.3) is 0 Å². The van der Waals surface area contributed by atoms with Crippen LogP contribution in [-0.4, -0.2) is 23.9 Å². The van der Waals surface area contributed by atoms with Crippen molar-refractivity contribution in [2.45, 2.75) is 32.2 Å². The van der Waals surface area contributed by atoms with Gasteiger partial charge in [0.05, 0.1) is 25.1 Å². The van der Waals surface area contributed by atoms with Crippen LogP contribution in [0.4, 0.5) is 0 Å². The highest BCUT2D eigenvalue weighted by molar-refractivity contribution is 6.35. The second-order valence-electron chi connectivity index (χ2n) is 7.40. The molecular formula is C23H22Cl2N2O3. The molecule has 0 aromatic heterocycles.